The zero-order chi connectivity index (χ0) is 13.1. The van der Waals surface area contributed by atoms with Crippen LogP contribution in [0.3, 0.4) is 0 Å². The number of pyridine rings is 1. The summed E-state index contributed by atoms with van der Waals surface area (Å²) in [5.74, 6) is -0.0102. The second-order valence-corrected chi connectivity index (χ2v) is 4.88. The van der Waals surface area contributed by atoms with Crippen molar-refractivity contribution in [3.63, 3.8) is 0 Å². The zero-order valence-corrected chi connectivity index (χ0v) is 13.4. The molecule has 1 aliphatic heterocycles. The van der Waals surface area contributed by atoms with Gasteiger partial charge in [0.2, 0.25) is 0 Å². The Kier molecular flexibility index (Phi) is 7.86. The molecule has 2 heterocycles. The highest BCUT2D eigenvalue weighted by molar-refractivity contribution is 5.98. The van der Waals surface area contributed by atoms with Crippen molar-refractivity contribution < 1.29 is 4.79 Å². The minimum Gasteiger partial charge on any atom is -0.398 e. The lowest BCUT2D eigenvalue weighted by Crippen LogP contribution is -2.50. The molecule has 0 saturated carbocycles. The number of nitrogens with zero attached hydrogens (tertiary/aromatic N) is 3. The molecule has 1 saturated heterocycles. The number of piperazine rings is 1. The van der Waals surface area contributed by atoms with Gasteiger partial charge in [0.15, 0.2) is 0 Å². The summed E-state index contributed by atoms with van der Waals surface area (Å²) >= 11 is 0. The smallest absolute Gasteiger partial charge is 0.257 e. The van der Waals surface area contributed by atoms with E-state index in [4.69, 9.17) is 5.73 Å². The summed E-state index contributed by atoms with van der Waals surface area (Å²) in [6, 6.07) is 2.20. The minimum atomic E-state index is -0.0102. The predicted molar refractivity (Wildman–Crippen MR) is 85.8 cm³/mol. The number of rotatable bonds is 2. The van der Waals surface area contributed by atoms with Crippen molar-refractivity contribution in [3.05, 3.63) is 24.0 Å². The van der Waals surface area contributed by atoms with Gasteiger partial charge in [-0.05, 0) is 19.9 Å². The number of halogens is 2. The summed E-state index contributed by atoms with van der Waals surface area (Å²) in [6.45, 7) is 7.71. The molecule has 2 N–H and O–H groups in total. The van der Waals surface area contributed by atoms with Gasteiger partial charge in [-0.2, -0.15) is 0 Å². The molecule has 0 aliphatic carbocycles. The minimum absolute atomic E-state index is 0. The van der Waals surface area contributed by atoms with Crippen LogP contribution in [0.25, 0.3) is 0 Å². The molecule has 1 fully saturated rings. The number of amides is 1. The van der Waals surface area contributed by atoms with Crippen LogP contribution in [0.4, 0.5) is 5.69 Å². The molecule has 0 aromatic carbocycles. The number of aromatic nitrogens is 1. The van der Waals surface area contributed by atoms with Crippen LogP contribution >= 0.6 is 24.8 Å². The molecule has 0 unspecified atom stereocenters. The Hall–Kier alpha value is -1.04. The fourth-order valence-electron chi connectivity index (χ4n) is 2.20. The van der Waals surface area contributed by atoms with Gasteiger partial charge in [0.25, 0.3) is 5.91 Å². The van der Waals surface area contributed by atoms with E-state index in [9.17, 15) is 4.79 Å². The van der Waals surface area contributed by atoms with Gasteiger partial charge in [-0.25, -0.2) is 0 Å². The third kappa shape index (κ3) is 4.23. The lowest BCUT2D eigenvalue weighted by Gasteiger charge is -2.37. The second-order valence-electron chi connectivity index (χ2n) is 4.88. The van der Waals surface area contributed by atoms with E-state index in [2.05, 4.69) is 23.7 Å². The van der Waals surface area contributed by atoms with E-state index < -0.39 is 0 Å². The van der Waals surface area contributed by atoms with Crippen molar-refractivity contribution >= 4 is 36.4 Å². The van der Waals surface area contributed by atoms with Crippen LogP contribution in [0.1, 0.15) is 24.2 Å². The quantitative estimate of drug-likeness (QED) is 0.900. The normalized spacial score (nSPS) is 15.4. The fraction of sp³-hybridized carbons (Fsp3) is 0.538. The van der Waals surface area contributed by atoms with Crippen molar-refractivity contribution in [1.82, 2.24) is 14.8 Å². The van der Waals surface area contributed by atoms with E-state index in [-0.39, 0.29) is 30.7 Å². The maximum absolute atomic E-state index is 12.3. The van der Waals surface area contributed by atoms with Gasteiger partial charge in [-0.15, -0.1) is 24.8 Å². The van der Waals surface area contributed by atoms with E-state index in [1.807, 2.05) is 4.90 Å². The van der Waals surface area contributed by atoms with Crippen molar-refractivity contribution in [1.29, 1.82) is 0 Å². The molecule has 0 atom stereocenters. The lowest BCUT2D eigenvalue weighted by atomic mass is 10.2. The molecule has 1 amide bonds. The monoisotopic (exact) mass is 320 g/mol. The number of hydrogen-bond donors (Lipinski definition) is 1. The second kappa shape index (κ2) is 8.29. The van der Waals surface area contributed by atoms with Crippen LogP contribution in [0.5, 0.6) is 0 Å². The molecular weight excluding hydrogens is 299 g/mol. The first-order chi connectivity index (χ1) is 8.59. The predicted octanol–water partition coefficient (Wildman–Crippen LogP) is 1.67. The molecule has 5 nitrogen and oxygen atoms in total. The average molecular weight is 321 g/mol. The molecule has 0 spiro atoms. The Morgan fingerprint density at radius 2 is 1.85 bits per heavy atom. The van der Waals surface area contributed by atoms with Crippen LogP contribution in [0.15, 0.2) is 18.5 Å². The van der Waals surface area contributed by atoms with Gasteiger partial charge in [0, 0.05) is 50.3 Å². The first-order valence-corrected chi connectivity index (χ1v) is 6.32. The van der Waals surface area contributed by atoms with Crippen LogP contribution in [-0.2, 0) is 0 Å². The number of anilines is 1. The molecule has 114 valence electrons. The first kappa shape index (κ1) is 19.0. The zero-order valence-electron chi connectivity index (χ0n) is 11.8. The molecule has 1 aromatic heterocycles. The highest BCUT2D eigenvalue weighted by Gasteiger charge is 2.24. The fourth-order valence-corrected chi connectivity index (χ4v) is 2.20. The molecule has 20 heavy (non-hydrogen) atoms. The number of carbonyl (C=O) groups excluding carboxylic acids is 1. The van der Waals surface area contributed by atoms with Crippen molar-refractivity contribution in [2.75, 3.05) is 31.9 Å². The highest BCUT2D eigenvalue weighted by Crippen LogP contribution is 2.14. The van der Waals surface area contributed by atoms with E-state index in [1.165, 1.54) is 0 Å². The van der Waals surface area contributed by atoms with Crippen LogP contribution in [0, 0.1) is 0 Å². The van der Waals surface area contributed by atoms with E-state index in [0.717, 1.165) is 26.2 Å². The van der Waals surface area contributed by atoms with Crippen LogP contribution < -0.4 is 5.73 Å². The Labute approximate surface area is 132 Å². The number of nitrogen functional groups attached to an aromatic ring is 1. The molecule has 0 bridgehead atoms. The standard InChI is InChI=1S/C13H20N4O.2ClH/c1-10(2)16-5-7-17(8-6-16)13(18)11-9-15-4-3-12(11)14;;/h3-4,9-10H,5-8H2,1-2H3,(H2,14,15);2*1H. The van der Waals surface area contributed by atoms with Crippen LogP contribution in [0.2, 0.25) is 0 Å². The Morgan fingerprint density at radius 1 is 1.25 bits per heavy atom. The molecule has 2 rings (SSSR count). The summed E-state index contributed by atoms with van der Waals surface area (Å²) < 4.78 is 0. The summed E-state index contributed by atoms with van der Waals surface area (Å²) in [5.41, 5.74) is 6.82. The molecule has 1 aliphatic rings. The van der Waals surface area contributed by atoms with Crippen molar-refractivity contribution in [2.24, 2.45) is 0 Å². The number of nitrogens with two attached hydrogens (primary N) is 1. The van der Waals surface area contributed by atoms with Crippen LogP contribution in [-0.4, -0.2) is 52.9 Å². The van der Waals surface area contributed by atoms with Crippen molar-refractivity contribution in [3.8, 4) is 0 Å². The maximum Gasteiger partial charge on any atom is 0.257 e. The van der Waals surface area contributed by atoms with Gasteiger partial charge >= 0.3 is 0 Å². The lowest BCUT2D eigenvalue weighted by molar-refractivity contribution is 0.0596. The van der Waals surface area contributed by atoms with Gasteiger partial charge in [0.05, 0.1) is 5.56 Å². The Morgan fingerprint density at radius 3 is 2.35 bits per heavy atom. The summed E-state index contributed by atoms with van der Waals surface area (Å²) in [7, 11) is 0. The number of carbonyl (C=O) groups is 1. The maximum atomic E-state index is 12.3. The van der Waals surface area contributed by atoms with Gasteiger partial charge in [-0.1, -0.05) is 0 Å². The number of hydrogen-bond acceptors (Lipinski definition) is 4. The first-order valence-electron chi connectivity index (χ1n) is 6.32. The third-order valence-electron chi connectivity index (χ3n) is 3.42. The molecule has 7 heteroatoms. The largest absolute Gasteiger partial charge is 0.398 e. The third-order valence-corrected chi connectivity index (χ3v) is 3.42. The topological polar surface area (TPSA) is 62.5 Å². The molecular formula is C13H22Cl2N4O. The Bertz CT molecular complexity index is 434. The summed E-state index contributed by atoms with van der Waals surface area (Å²) in [6.07, 6.45) is 3.15. The van der Waals surface area contributed by atoms with E-state index in [0.29, 0.717) is 17.3 Å². The van der Waals surface area contributed by atoms with Gasteiger partial charge in [0.1, 0.15) is 0 Å². The van der Waals surface area contributed by atoms with Gasteiger partial charge < -0.3 is 10.6 Å². The van der Waals surface area contributed by atoms with Crippen molar-refractivity contribution in [2.45, 2.75) is 19.9 Å². The van der Waals surface area contributed by atoms with Gasteiger partial charge in [-0.3, -0.25) is 14.7 Å². The Balaban J connectivity index is 0.00000180. The molecule has 0 radical (unpaired) electrons. The molecule has 1 aromatic rings. The summed E-state index contributed by atoms with van der Waals surface area (Å²) in [4.78, 5) is 20.5. The average Bonchev–Trinajstić information content (AvgIpc) is 2.38. The summed E-state index contributed by atoms with van der Waals surface area (Å²) in [5, 5.41) is 0. The SMILES string of the molecule is CC(C)N1CCN(C(=O)c2cnccc2N)CC1.Cl.Cl. The highest BCUT2D eigenvalue weighted by atomic mass is 35.5. The van der Waals surface area contributed by atoms with E-state index >= 15 is 0 Å². The van der Waals surface area contributed by atoms with E-state index in [1.54, 1.807) is 18.5 Å².